The van der Waals surface area contributed by atoms with E-state index in [4.69, 9.17) is 10.8 Å². The number of anilines is 1. The van der Waals surface area contributed by atoms with Gasteiger partial charge in [-0.2, -0.15) is 9.61 Å². The molecular formula is C13H15N5O4S. The maximum absolute atomic E-state index is 10.1. The van der Waals surface area contributed by atoms with Gasteiger partial charge in [0.25, 0.3) is 0 Å². The molecule has 10 heteroatoms. The first kappa shape index (κ1) is 15.8. The van der Waals surface area contributed by atoms with Gasteiger partial charge in [0.2, 0.25) is 4.96 Å². The van der Waals surface area contributed by atoms with Gasteiger partial charge in [-0.3, -0.25) is 0 Å². The molecule has 23 heavy (non-hydrogen) atoms. The van der Waals surface area contributed by atoms with E-state index in [-0.39, 0.29) is 5.82 Å². The standard InChI is InChI=1S/C13H15N5O4S/c14-7-3-1-6(2-4-7)12-17-18-11(15-16-13(18)23-12)10(22)9(21)8(20)5-19/h1-4,8-10,19-22H,5,14H2/t8-,9+,10+/m1/s1. The summed E-state index contributed by atoms with van der Waals surface area (Å²) in [4.78, 5) is 0.427. The van der Waals surface area contributed by atoms with Crippen molar-refractivity contribution in [2.24, 2.45) is 0 Å². The molecule has 9 nitrogen and oxygen atoms in total. The van der Waals surface area contributed by atoms with E-state index >= 15 is 0 Å². The van der Waals surface area contributed by atoms with E-state index in [1.807, 2.05) is 12.1 Å². The van der Waals surface area contributed by atoms with E-state index in [1.54, 1.807) is 12.1 Å². The van der Waals surface area contributed by atoms with Crippen molar-refractivity contribution >= 4 is 22.0 Å². The van der Waals surface area contributed by atoms with E-state index in [0.29, 0.717) is 15.7 Å². The Labute approximate surface area is 134 Å². The van der Waals surface area contributed by atoms with Gasteiger partial charge in [0.1, 0.15) is 23.3 Å². The Morgan fingerprint density at radius 1 is 1.13 bits per heavy atom. The number of nitrogens with two attached hydrogens (primary N) is 1. The number of rotatable bonds is 5. The van der Waals surface area contributed by atoms with Crippen LogP contribution < -0.4 is 5.73 Å². The van der Waals surface area contributed by atoms with Crippen LogP contribution in [0.3, 0.4) is 0 Å². The molecule has 1 aromatic carbocycles. The smallest absolute Gasteiger partial charge is 0.235 e. The number of nitrogens with zero attached hydrogens (tertiary/aromatic N) is 4. The van der Waals surface area contributed by atoms with Gasteiger partial charge in [0.05, 0.1) is 6.61 Å². The molecule has 3 rings (SSSR count). The Bertz CT molecular complexity index is 802. The molecule has 0 aliphatic rings. The molecule has 0 saturated heterocycles. The molecule has 122 valence electrons. The summed E-state index contributed by atoms with van der Waals surface area (Å²) < 4.78 is 1.30. The Morgan fingerprint density at radius 2 is 1.83 bits per heavy atom. The maximum Gasteiger partial charge on any atom is 0.235 e. The molecule has 3 atom stereocenters. The molecule has 2 aromatic heterocycles. The highest BCUT2D eigenvalue weighted by Crippen LogP contribution is 2.28. The summed E-state index contributed by atoms with van der Waals surface area (Å²) in [5, 5.41) is 50.8. The minimum Gasteiger partial charge on any atom is -0.399 e. The number of hydrogen-bond donors (Lipinski definition) is 5. The fourth-order valence-corrected chi connectivity index (χ4v) is 2.88. The lowest BCUT2D eigenvalue weighted by molar-refractivity contribution is -0.0808. The number of hydrogen-bond acceptors (Lipinski definition) is 9. The topological polar surface area (TPSA) is 150 Å². The Hall–Kier alpha value is -2.11. The molecule has 0 bridgehead atoms. The maximum atomic E-state index is 10.1. The van der Waals surface area contributed by atoms with Crippen molar-refractivity contribution in [3.05, 3.63) is 30.1 Å². The number of nitrogen functional groups attached to an aromatic ring is 1. The van der Waals surface area contributed by atoms with E-state index in [9.17, 15) is 15.3 Å². The van der Waals surface area contributed by atoms with E-state index in [1.165, 1.54) is 15.9 Å². The van der Waals surface area contributed by atoms with Crippen molar-refractivity contribution in [3.63, 3.8) is 0 Å². The monoisotopic (exact) mass is 337 g/mol. The van der Waals surface area contributed by atoms with Crippen LogP contribution in [0.5, 0.6) is 0 Å². The van der Waals surface area contributed by atoms with Crippen LogP contribution in [0.25, 0.3) is 15.5 Å². The first-order valence-electron chi connectivity index (χ1n) is 6.74. The molecule has 0 unspecified atom stereocenters. The second-order valence-electron chi connectivity index (χ2n) is 4.97. The van der Waals surface area contributed by atoms with Crippen LogP contribution >= 0.6 is 11.3 Å². The fourth-order valence-electron chi connectivity index (χ4n) is 2.03. The van der Waals surface area contributed by atoms with Crippen molar-refractivity contribution in [2.45, 2.75) is 18.3 Å². The molecule has 0 radical (unpaired) electrons. The van der Waals surface area contributed by atoms with Crippen molar-refractivity contribution < 1.29 is 20.4 Å². The summed E-state index contributed by atoms with van der Waals surface area (Å²) in [6.45, 7) is -0.687. The zero-order valence-corrected chi connectivity index (χ0v) is 12.6. The van der Waals surface area contributed by atoms with Crippen molar-refractivity contribution in [2.75, 3.05) is 12.3 Å². The first-order valence-corrected chi connectivity index (χ1v) is 7.56. The lowest BCUT2D eigenvalue weighted by Crippen LogP contribution is -2.35. The zero-order chi connectivity index (χ0) is 16.6. The molecule has 0 amide bonds. The second kappa shape index (κ2) is 6.18. The largest absolute Gasteiger partial charge is 0.399 e. The number of fused-ring (bicyclic) bond motifs is 1. The third-order valence-electron chi connectivity index (χ3n) is 3.34. The van der Waals surface area contributed by atoms with Crippen LogP contribution in [0.4, 0.5) is 5.69 Å². The molecular weight excluding hydrogens is 322 g/mol. The van der Waals surface area contributed by atoms with Crippen molar-refractivity contribution in [1.29, 1.82) is 0 Å². The van der Waals surface area contributed by atoms with Gasteiger partial charge < -0.3 is 26.2 Å². The van der Waals surface area contributed by atoms with E-state index in [0.717, 1.165) is 5.56 Å². The SMILES string of the molecule is Nc1ccc(-c2nn3c([C@@H](O)[C@@H](O)[C@H](O)CO)nnc3s2)cc1. The summed E-state index contributed by atoms with van der Waals surface area (Å²) in [5.74, 6) is -0.0158. The molecule has 2 heterocycles. The minimum atomic E-state index is -1.60. The Morgan fingerprint density at radius 3 is 2.48 bits per heavy atom. The van der Waals surface area contributed by atoms with Gasteiger partial charge >= 0.3 is 0 Å². The zero-order valence-electron chi connectivity index (χ0n) is 11.8. The van der Waals surface area contributed by atoms with Gasteiger partial charge in [-0.15, -0.1) is 10.2 Å². The predicted octanol–water partition coefficient (Wildman–Crippen LogP) is -0.818. The molecule has 0 aliphatic carbocycles. The third-order valence-corrected chi connectivity index (χ3v) is 4.29. The summed E-state index contributed by atoms with van der Waals surface area (Å²) in [6, 6.07) is 7.10. The predicted molar refractivity (Wildman–Crippen MR) is 82.6 cm³/mol. The van der Waals surface area contributed by atoms with Crippen LogP contribution in [0.15, 0.2) is 24.3 Å². The Balaban J connectivity index is 1.96. The highest BCUT2D eigenvalue weighted by atomic mass is 32.1. The third kappa shape index (κ3) is 2.90. The van der Waals surface area contributed by atoms with Gasteiger partial charge in [0, 0.05) is 11.3 Å². The van der Waals surface area contributed by atoms with Crippen LogP contribution in [0.2, 0.25) is 0 Å². The molecule has 0 spiro atoms. The second-order valence-corrected chi connectivity index (χ2v) is 5.92. The van der Waals surface area contributed by atoms with Gasteiger partial charge in [-0.25, -0.2) is 0 Å². The van der Waals surface area contributed by atoms with Crippen LogP contribution in [0.1, 0.15) is 11.9 Å². The highest BCUT2D eigenvalue weighted by Gasteiger charge is 2.30. The normalized spacial score (nSPS) is 15.7. The van der Waals surface area contributed by atoms with Gasteiger partial charge in [-0.05, 0) is 24.3 Å². The summed E-state index contributed by atoms with van der Waals surface area (Å²) in [6.07, 6.45) is -4.63. The molecule has 6 N–H and O–H groups in total. The van der Waals surface area contributed by atoms with Crippen molar-refractivity contribution in [1.82, 2.24) is 19.8 Å². The summed E-state index contributed by atoms with van der Waals surface area (Å²) >= 11 is 1.25. The van der Waals surface area contributed by atoms with Crippen LogP contribution in [-0.2, 0) is 0 Å². The average Bonchev–Trinajstić information content (AvgIpc) is 3.13. The molecule has 0 fully saturated rings. The highest BCUT2D eigenvalue weighted by molar-refractivity contribution is 7.19. The molecule has 0 saturated carbocycles. The van der Waals surface area contributed by atoms with Crippen LogP contribution in [-0.4, -0.2) is 59.1 Å². The van der Waals surface area contributed by atoms with Crippen molar-refractivity contribution in [3.8, 4) is 10.6 Å². The van der Waals surface area contributed by atoms with Crippen LogP contribution in [0, 0.1) is 0 Å². The minimum absolute atomic E-state index is 0.0158. The number of aliphatic hydroxyl groups is 4. The lowest BCUT2D eigenvalue weighted by atomic mass is 10.1. The number of benzene rings is 1. The van der Waals surface area contributed by atoms with Gasteiger partial charge in [0.15, 0.2) is 5.82 Å². The first-order chi connectivity index (χ1) is 11.0. The van der Waals surface area contributed by atoms with E-state index < -0.39 is 24.9 Å². The Kier molecular flexibility index (Phi) is 4.24. The number of aromatic nitrogens is 4. The molecule has 0 aliphatic heterocycles. The van der Waals surface area contributed by atoms with Gasteiger partial charge in [-0.1, -0.05) is 11.3 Å². The summed E-state index contributed by atoms with van der Waals surface area (Å²) in [7, 11) is 0. The lowest BCUT2D eigenvalue weighted by Gasteiger charge is -2.19. The number of aliphatic hydroxyl groups excluding tert-OH is 4. The fraction of sp³-hybridized carbons (Fsp3) is 0.308. The average molecular weight is 337 g/mol. The quantitative estimate of drug-likeness (QED) is 0.379. The molecule has 3 aromatic rings. The van der Waals surface area contributed by atoms with E-state index in [2.05, 4.69) is 15.3 Å². The summed E-state index contributed by atoms with van der Waals surface area (Å²) in [5.41, 5.74) is 7.11.